The molecule has 6 heteroatoms. The monoisotopic (exact) mass is 434 g/mol. The van der Waals surface area contributed by atoms with Crippen molar-refractivity contribution in [2.24, 2.45) is 0 Å². The van der Waals surface area contributed by atoms with E-state index in [1.165, 1.54) is 6.07 Å². The minimum absolute atomic E-state index is 0.0155. The average Bonchev–Trinajstić information content (AvgIpc) is 2.78. The second kappa shape index (κ2) is 8.46. The third-order valence-electron chi connectivity index (χ3n) is 5.47. The van der Waals surface area contributed by atoms with Crippen LogP contribution >= 0.6 is 0 Å². The zero-order valence-corrected chi connectivity index (χ0v) is 17.6. The Hall–Kier alpha value is -3.67. The minimum Gasteiger partial charge on any atom is -0.348 e. The van der Waals surface area contributed by atoms with Gasteiger partial charge in [-0.3, -0.25) is 4.79 Å². The highest BCUT2D eigenvalue weighted by atomic mass is 19.4. The lowest BCUT2D eigenvalue weighted by atomic mass is 10.0. The molecule has 0 bridgehead atoms. The van der Waals surface area contributed by atoms with E-state index in [1.807, 2.05) is 56.3 Å². The largest absolute Gasteiger partial charge is 0.416 e. The molecule has 162 valence electrons. The van der Waals surface area contributed by atoms with Gasteiger partial charge >= 0.3 is 6.18 Å². The summed E-state index contributed by atoms with van der Waals surface area (Å²) in [7, 11) is 0. The first-order valence-electron chi connectivity index (χ1n) is 10.1. The quantitative estimate of drug-likeness (QED) is 0.400. The number of aryl methyl sites for hydroxylation is 2. The molecule has 1 amide bonds. The predicted octanol–water partition coefficient (Wildman–Crippen LogP) is 6.47. The molecule has 0 saturated heterocycles. The molecule has 4 rings (SSSR count). The molecule has 3 aromatic carbocycles. The van der Waals surface area contributed by atoms with E-state index in [9.17, 15) is 18.0 Å². The van der Waals surface area contributed by atoms with Crippen molar-refractivity contribution in [3.63, 3.8) is 0 Å². The van der Waals surface area contributed by atoms with Crippen LogP contribution in [0.4, 0.5) is 13.2 Å². The van der Waals surface area contributed by atoms with Crippen molar-refractivity contribution in [3.8, 4) is 11.3 Å². The summed E-state index contributed by atoms with van der Waals surface area (Å²) in [5.74, 6) is -0.369. The molecule has 4 aromatic rings. The zero-order valence-electron chi connectivity index (χ0n) is 17.6. The van der Waals surface area contributed by atoms with Gasteiger partial charge in [0.15, 0.2) is 0 Å². The van der Waals surface area contributed by atoms with Crippen molar-refractivity contribution in [2.75, 3.05) is 0 Å². The van der Waals surface area contributed by atoms with Gasteiger partial charge in [-0.2, -0.15) is 13.2 Å². The third-order valence-corrected chi connectivity index (χ3v) is 5.47. The fourth-order valence-corrected chi connectivity index (χ4v) is 3.55. The Kier molecular flexibility index (Phi) is 5.70. The van der Waals surface area contributed by atoms with E-state index in [0.717, 1.165) is 28.8 Å². The molecule has 0 aliphatic rings. The van der Waals surface area contributed by atoms with Crippen LogP contribution < -0.4 is 5.32 Å². The predicted molar refractivity (Wildman–Crippen MR) is 119 cm³/mol. The van der Waals surface area contributed by atoms with Crippen molar-refractivity contribution >= 4 is 16.8 Å². The standard InChI is InChI=1S/C26H21F3N2O/c1-16-10-11-19(12-17(16)2)24-14-22(21-8-3-4-9-23(21)31-24)25(32)30-15-18-6-5-7-20(13-18)26(27,28)29/h3-14H,15H2,1-2H3,(H,30,32). The van der Waals surface area contributed by atoms with Crippen molar-refractivity contribution in [3.05, 3.63) is 101 Å². The van der Waals surface area contributed by atoms with E-state index in [1.54, 1.807) is 12.1 Å². The number of nitrogens with one attached hydrogen (secondary N) is 1. The Balaban J connectivity index is 1.67. The van der Waals surface area contributed by atoms with Gasteiger partial charge in [0.2, 0.25) is 0 Å². The molecule has 0 atom stereocenters. The fraction of sp³-hybridized carbons (Fsp3) is 0.154. The summed E-state index contributed by atoms with van der Waals surface area (Å²) >= 11 is 0. The van der Waals surface area contributed by atoms with E-state index in [-0.39, 0.29) is 12.5 Å². The summed E-state index contributed by atoms with van der Waals surface area (Å²) < 4.78 is 38.9. The van der Waals surface area contributed by atoms with Crippen LogP contribution in [0.1, 0.15) is 32.6 Å². The first kappa shape index (κ1) is 21.6. The van der Waals surface area contributed by atoms with E-state index in [2.05, 4.69) is 5.32 Å². The second-order valence-corrected chi connectivity index (χ2v) is 7.75. The molecule has 0 unspecified atom stereocenters. The van der Waals surface area contributed by atoms with E-state index < -0.39 is 11.7 Å². The molecule has 0 saturated carbocycles. The smallest absolute Gasteiger partial charge is 0.348 e. The highest BCUT2D eigenvalue weighted by Gasteiger charge is 2.30. The number of alkyl halides is 3. The Morgan fingerprint density at radius 1 is 0.906 bits per heavy atom. The van der Waals surface area contributed by atoms with Gasteiger partial charge in [0.1, 0.15) is 0 Å². The van der Waals surface area contributed by atoms with Crippen LogP contribution in [0.5, 0.6) is 0 Å². The van der Waals surface area contributed by atoms with E-state index >= 15 is 0 Å². The first-order chi connectivity index (χ1) is 15.2. The Morgan fingerprint density at radius 3 is 2.44 bits per heavy atom. The van der Waals surface area contributed by atoms with Gasteiger partial charge in [-0.25, -0.2) is 4.98 Å². The van der Waals surface area contributed by atoms with Gasteiger partial charge in [-0.15, -0.1) is 0 Å². The number of halogens is 3. The molecule has 1 heterocycles. The fourth-order valence-electron chi connectivity index (χ4n) is 3.55. The molecule has 0 fully saturated rings. The molecule has 32 heavy (non-hydrogen) atoms. The molecular weight excluding hydrogens is 413 g/mol. The highest BCUT2D eigenvalue weighted by molar-refractivity contribution is 6.07. The molecular formula is C26H21F3N2O. The number of aromatic nitrogens is 1. The summed E-state index contributed by atoms with van der Waals surface area (Å²) in [5.41, 5.74) is 4.57. The number of hydrogen-bond donors (Lipinski definition) is 1. The van der Waals surface area contributed by atoms with Gasteiger partial charge in [0.25, 0.3) is 5.91 Å². The lowest BCUT2D eigenvalue weighted by Crippen LogP contribution is -2.23. The molecule has 0 radical (unpaired) electrons. The summed E-state index contributed by atoms with van der Waals surface area (Å²) in [6, 6.07) is 20.0. The van der Waals surface area contributed by atoms with Crippen molar-refractivity contribution in [2.45, 2.75) is 26.6 Å². The maximum Gasteiger partial charge on any atom is 0.416 e. The summed E-state index contributed by atoms with van der Waals surface area (Å²) in [4.78, 5) is 17.8. The van der Waals surface area contributed by atoms with E-state index in [0.29, 0.717) is 27.7 Å². The van der Waals surface area contributed by atoms with Crippen molar-refractivity contribution in [1.82, 2.24) is 10.3 Å². The maximum atomic E-state index is 13.1. The van der Waals surface area contributed by atoms with Crippen molar-refractivity contribution < 1.29 is 18.0 Å². The number of carbonyl (C=O) groups is 1. The normalized spacial score (nSPS) is 11.5. The molecule has 1 aromatic heterocycles. The van der Waals surface area contributed by atoms with Gasteiger partial charge in [0.05, 0.1) is 22.3 Å². The summed E-state index contributed by atoms with van der Waals surface area (Å²) in [6.07, 6.45) is -4.43. The topological polar surface area (TPSA) is 42.0 Å². The van der Waals surface area contributed by atoms with Crippen LogP contribution in [0.3, 0.4) is 0 Å². The zero-order chi connectivity index (χ0) is 22.9. The Morgan fingerprint density at radius 2 is 1.69 bits per heavy atom. The van der Waals surface area contributed by atoms with Crippen LogP contribution in [-0.4, -0.2) is 10.9 Å². The first-order valence-corrected chi connectivity index (χ1v) is 10.1. The van der Waals surface area contributed by atoms with Crippen LogP contribution in [0, 0.1) is 13.8 Å². The van der Waals surface area contributed by atoms with Crippen LogP contribution in [0.25, 0.3) is 22.2 Å². The minimum atomic E-state index is -4.43. The number of rotatable bonds is 4. The average molecular weight is 434 g/mol. The van der Waals surface area contributed by atoms with Gasteiger partial charge < -0.3 is 5.32 Å². The maximum absolute atomic E-state index is 13.1. The van der Waals surface area contributed by atoms with Crippen LogP contribution in [-0.2, 0) is 12.7 Å². The SMILES string of the molecule is Cc1ccc(-c2cc(C(=O)NCc3cccc(C(F)(F)F)c3)c3ccccc3n2)cc1C. The second-order valence-electron chi connectivity index (χ2n) is 7.75. The molecule has 0 aliphatic heterocycles. The Labute approximate surface area is 183 Å². The van der Waals surface area contributed by atoms with Crippen molar-refractivity contribution in [1.29, 1.82) is 0 Å². The highest BCUT2D eigenvalue weighted by Crippen LogP contribution is 2.30. The van der Waals surface area contributed by atoms with E-state index in [4.69, 9.17) is 4.98 Å². The molecule has 1 N–H and O–H groups in total. The summed E-state index contributed by atoms with van der Waals surface area (Å²) in [5, 5.41) is 3.43. The third kappa shape index (κ3) is 4.49. The summed E-state index contributed by atoms with van der Waals surface area (Å²) in [6.45, 7) is 4.03. The number of benzene rings is 3. The number of nitrogens with zero attached hydrogens (tertiary/aromatic N) is 1. The molecule has 0 spiro atoms. The van der Waals surface area contributed by atoms with Gasteiger partial charge in [0, 0.05) is 17.5 Å². The van der Waals surface area contributed by atoms with Gasteiger partial charge in [-0.1, -0.05) is 42.5 Å². The van der Waals surface area contributed by atoms with Crippen LogP contribution in [0.15, 0.2) is 72.8 Å². The number of carbonyl (C=O) groups excluding carboxylic acids is 1. The number of fused-ring (bicyclic) bond motifs is 1. The van der Waals surface area contributed by atoms with Gasteiger partial charge in [-0.05, 0) is 60.9 Å². The number of para-hydroxylation sites is 1. The molecule has 3 nitrogen and oxygen atoms in total. The lowest BCUT2D eigenvalue weighted by Gasteiger charge is -2.12. The number of hydrogen-bond acceptors (Lipinski definition) is 2. The Bertz CT molecular complexity index is 1310. The lowest BCUT2D eigenvalue weighted by molar-refractivity contribution is -0.137. The number of amides is 1. The molecule has 0 aliphatic carbocycles. The van der Waals surface area contributed by atoms with Crippen LogP contribution in [0.2, 0.25) is 0 Å². The number of pyridine rings is 1.